The van der Waals surface area contributed by atoms with Crippen LogP contribution in [0.5, 0.6) is 0 Å². The summed E-state index contributed by atoms with van der Waals surface area (Å²) in [5, 5.41) is 11.4. The molecule has 0 saturated carbocycles. The Kier molecular flexibility index (Phi) is 7.90. The number of nitrogens with two attached hydrogens (primary N) is 1. The fraction of sp³-hybridized carbons (Fsp3) is 0.333. The summed E-state index contributed by atoms with van der Waals surface area (Å²) in [6.45, 7) is 2.48. The fourth-order valence-corrected chi connectivity index (χ4v) is 4.78. The number of carbonyl (C=O) groups is 1. The summed E-state index contributed by atoms with van der Waals surface area (Å²) in [6, 6.07) is 1.95. The Morgan fingerprint density at radius 1 is 1.42 bits per heavy atom. The molecule has 2 heterocycles. The van der Waals surface area contributed by atoms with Gasteiger partial charge in [-0.3, -0.25) is 4.79 Å². The van der Waals surface area contributed by atoms with Crippen molar-refractivity contribution in [2.45, 2.75) is 31.7 Å². The Bertz CT molecular complexity index is 820. The Hall–Kier alpha value is -1.60. The number of anilines is 1. The fourth-order valence-electron chi connectivity index (χ4n) is 2.82. The minimum Gasteiger partial charge on any atom is -0.483 e. The summed E-state index contributed by atoms with van der Waals surface area (Å²) < 4.78 is 1.04. The Morgan fingerprint density at radius 2 is 2.12 bits per heavy atom. The quantitative estimate of drug-likeness (QED) is 0.370. The Morgan fingerprint density at radius 3 is 2.77 bits per heavy atom. The minimum absolute atomic E-state index is 0.0977. The maximum Gasteiger partial charge on any atom is 0.290 e. The van der Waals surface area contributed by atoms with Crippen LogP contribution in [0.1, 0.15) is 30.6 Å². The summed E-state index contributed by atoms with van der Waals surface area (Å²) in [4.78, 5) is 13.9. The molecular weight excluding hydrogens is 393 g/mol. The molecule has 4 N–H and O–H groups in total. The molecular formula is C18H21Cl2N3O2S. The zero-order chi connectivity index (χ0) is 19.1. The maximum absolute atomic E-state index is 8.36. The van der Waals surface area contributed by atoms with Crippen LogP contribution in [-0.4, -0.2) is 29.1 Å². The number of allylic oxidation sites excluding steroid dienone is 2. The van der Waals surface area contributed by atoms with Gasteiger partial charge in [-0.25, -0.2) is 4.98 Å². The highest BCUT2D eigenvalue weighted by Gasteiger charge is 2.27. The number of fused-ring (bicyclic) bond motifs is 1. The molecule has 0 bridgehead atoms. The van der Waals surface area contributed by atoms with Crippen LogP contribution in [0.4, 0.5) is 5.69 Å². The summed E-state index contributed by atoms with van der Waals surface area (Å²) in [5.74, 6) is 0.244. The van der Waals surface area contributed by atoms with Crippen LogP contribution in [0.2, 0.25) is 10.2 Å². The molecule has 0 spiro atoms. The number of rotatable bonds is 4. The number of hydrogen-bond donors (Lipinski definition) is 3. The van der Waals surface area contributed by atoms with Gasteiger partial charge in [-0.15, -0.1) is 11.3 Å². The highest BCUT2D eigenvalue weighted by Crippen LogP contribution is 2.45. The van der Waals surface area contributed by atoms with Gasteiger partial charge in [0.1, 0.15) is 10.7 Å². The molecule has 2 aromatic heterocycles. The average Bonchev–Trinajstić information content (AvgIpc) is 2.93. The molecule has 0 aliphatic heterocycles. The molecule has 1 aliphatic carbocycles. The lowest BCUT2D eigenvalue weighted by molar-refractivity contribution is -0.122. The third-order valence-corrected chi connectivity index (χ3v) is 6.08. The van der Waals surface area contributed by atoms with Crippen molar-refractivity contribution in [3.63, 3.8) is 0 Å². The largest absolute Gasteiger partial charge is 0.483 e. The second-order valence-electron chi connectivity index (χ2n) is 5.72. The SMILES string of the molecule is C/C=C/CNc1cc(Cl)nc2c(Cl)c([C@H]3CC=CC[C@@H]3N)sc12.O=CO. The van der Waals surface area contributed by atoms with Gasteiger partial charge in [-0.05, 0) is 19.8 Å². The second-order valence-corrected chi connectivity index (χ2v) is 7.54. The van der Waals surface area contributed by atoms with E-state index in [9.17, 15) is 0 Å². The topological polar surface area (TPSA) is 88.2 Å². The molecule has 0 radical (unpaired) electrons. The van der Waals surface area contributed by atoms with Crippen molar-refractivity contribution < 1.29 is 9.90 Å². The molecule has 0 amide bonds. The predicted molar refractivity (Wildman–Crippen MR) is 111 cm³/mol. The molecule has 5 nitrogen and oxygen atoms in total. The standard InChI is InChI=1S/C17H19Cl2N3S.CH2O2/c1-2-3-8-21-12-9-13(18)22-15-14(19)16(23-17(12)15)10-6-4-5-7-11(10)20;2-1-3/h2-5,9-11H,6-8,20H2,1H3,(H,21,22);1H,(H,2,3)/b3-2+;/t10-,11-;/m0./s1. The number of pyridine rings is 1. The predicted octanol–water partition coefficient (Wildman–Crippen LogP) is 5.05. The van der Waals surface area contributed by atoms with Crippen LogP contribution in [0, 0.1) is 0 Å². The zero-order valence-electron chi connectivity index (χ0n) is 14.3. The van der Waals surface area contributed by atoms with Crippen molar-refractivity contribution in [1.29, 1.82) is 0 Å². The molecule has 2 aromatic rings. The van der Waals surface area contributed by atoms with Crippen LogP contribution < -0.4 is 11.1 Å². The molecule has 2 atom stereocenters. The molecule has 0 aromatic carbocycles. The van der Waals surface area contributed by atoms with Gasteiger partial charge in [0.25, 0.3) is 6.47 Å². The summed E-state index contributed by atoms with van der Waals surface area (Å²) in [5.41, 5.74) is 8.03. The van der Waals surface area contributed by atoms with Crippen molar-refractivity contribution >= 4 is 56.9 Å². The normalized spacial score (nSPS) is 19.4. The van der Waals surface area contributed by atoms with Gasteiger partial charge < -0.3 is 16.2 Å². The molecule has 8 heteroatoms. The van der Waals surface area contributed by atoms with Crippen molar-refractivity contribution in [2.24, 2.45) is 5.73 Å². The van der Waals surface area contributed by atoms with E-state index in [4.69, 9.17) is 38.8 Å². The second kappa shape index (κ2) is 9.92. The third kappa shape index (κ3) is 4.76. The van der Waals surface area contributed by atoms with Crippen LogP contribution in [0.15, 0.2) is 30.4 Å². The van der Waals surface area contributed by atoms with E-state index in [-0.39, 0.29) is 18.4 Å². The first-order valence-electron chi connectivity index (χ1n) is 8.15. The molecule has 0 saturated heterocycles. The number of nitrogens with one attached hydrogen (secondary N) is 1. The minimum atomic E-state index is -0.250. The highest BCUT2D eigenvalue weighted by atomic mass is 35.5. The van der Waals surface area contributed by atoms with Crippen LogP contribution in [0.3, 0.4) is 0 Å². The third-order valence-electron chi connectivity index (χ3n) is 4.04. The van der Waals surface area contributed by atoms with E-state index in [0.29, 0.717) is 10.2 Å². The van der Waals surface area contributed by atoms with Crippen molar-refractivity contribution in [1.82, 2.24) is 4.98 Å². The monoisotopic (exact) mass is 413 g/mol. The lowest BCUT2D eigenvalue weighted by Gasteiger charge is -2.24. The molecule has 26 heavy (non-hydrogen) atoms. The van der Waals surface area contributed by atoms with E-state index in [1.165, 1.54) is 0 Å². The lowest BCUT2D eigenvalue weighted by atomic mass is 9.88. The first-order valence-corrected chi connectivity index (χ1v) is 9.72. The Labute approximate surface area is 166 Å². The van der Waals surface area contributed by atoms with Gasteiger partial charge in [0.05, 0.1) is 15.4 Å². The van der Waals surface area contributed by atoms with E-state index in [1.54, 1.807) is 11.3 Å². The lowest BCUT2D eigenvalue weighted by Crippen LogP contribution is -2.29. The summed E-state index contributed by atoms with van der Waals surface area (Å²) >= 11 is 14.5. The van der Waals surface area contributed by atoms with Gasteiger partial charge >= 0.3 is 0 Å². The number of thiophene rings is 1. The molecule has 0 fully saturated rings. The first-order chi connectivity index (χ1) is 12.5. The molecule has 0 unspecified atom stereocenters. The number of carboxylic acid groups (broad SMARTS) is 1. The number of aromatic nitrogens is 1. The van der Waals surface area contributed by atoms with E-state index < -0.39 is 0 Å². The number of halogens is 2. The van der Waals surface area contributed by atoms with E-state index in [1.807, 2.05) is 19.1 Å². The van der Waals surface area contributed by atoms with Gasteiger partial charge in [0.15, 0.2) is 0 Å². The van der Waals surface area contributed by atoms with E-state index >= 15 is 0 Å². The highest BCUT2D eigenvalue weighted by molar-refractivity contribution is 7.20. The smallest absolute Gasteiger partial charge is 0.290 e. The van der Waals surface area contributed by atoms with E-state index in [0.717, 1.165) is 40.2 Å². The molecule has 140 valence electrons. The average molecular weight is 414 g/mol. The first kappa shape index (κ1) is 20.7. The summed E-state index contributed by atoms with van der Waals surface area (Å²) in [7, 11) is 0. The van der Waals surface area contributed by atoms with Crippen molar-refractivity contribution in [3.8, 4) is 0 Å². The van der Waals surface area contributed by atoms with Crippen molar-refractivity contribution in [3.05, 3.63) is 45.4 Å². The van der Waals surface area contributed by atoms with Gasteiger partial charge in [-0.1, -0.05) is 47.5 Å². The van der Waals surface area contributed by atoms with Crippen LogP contribution in [0.25, 0.3) is 10.2 Å². The number of nitrogens with zero attached hydrogens (tertiary/aromatic N) is 1. The Balaban J connectivity index is 0.000000758. The van der Waals surface area contributed by atoms with Crippen molar-refractivity contribution in [2.75, 3.05) is 11.9 Å². The van der Waals surface area contributed by atoms with Gasteiger partial charge in [-0.2, -0.15) is 0 Å². The van der Waals surface area contributed by atoms with Crippen LogP contribution >= 0.6 is 34.5 Å². The summed E-state index contributed by atoms with van der Waals surface area (Å²) in [6.07, 6.45) is 10.2. The molecule has 1 aliphatic rings. The molecule has 3 rings (SSSR count). The van der Waals surface area contributed by atoms with Gasteiger partial charge in [0, 0.05) is 29.4 Å². The van der Waals surface area contributed by atoms with Gasteiger partial charge in [0.2, 0.25) is 0 Å². The maximum atomic E-state index is 8.36. The van der Waals surface area contributed by atoms with Crippen LogP contribution in [-0.2, 0) is 4.79 Å². The zero-order valence-corrected chi connectivity index (χ0v) is 16.6. The van der Waals surface area contributed by atoms with E-state index in [2.05, 4.69) is 28.5 Å². The number of hydrogen-bond acceptors (Lipinski definition) is 5.